The van der Waals surface area contributed by atoms with Crippen LogP contribution >= 0.6 is 23.5 Å². The Balaban J connectivity index is 1.75. The van der Waals surface area contributed by atoms with Crippen molar-refractivity contribution in [2.24, 2.45) is 0 Å². The lowest BCUT2D eigenvalue weighted by atomic mass is 10.1. The number of phosphoric acid groups is 3. The number of phosphoric ester groups is 1. The van der Waals surface area contributed by atoms with E-state index in [-0.39, 0.29) is 23.7 Å². The molecule has 1 aliphatic heterocycles. The van der Waals surface area contributed by atoms with Crippen molar-refractivity contribution in [2.75, 3.05) is 18.5 Å². The van der Waals surface area contributed by atoms with Crippen molar-refractivity contribution < 1.29 is 61.4 Å². The number of fused-ring (bicyclic) bond motifs is 1. The van der Waals surface area contributed by atoms with Crippen molar-refractivity contribution in [3.63, 3.8) is 0 Å². The molecule has 196 valence electrons. The number of H-pyrrole nitrogens is 1. The number of aromatic nitrogens is 4. The maximum Gasteiger partial charge on any atom is 0.490 e. The molecule has 3 heterocycles. The van der Waals surface area contributed by atoms with Crippen molar-refractivity contribution in [3.8, 4) is 0 Å². The number of ether oxygens (including phenoxy) is 1. The number of imidazole rings is 1. The Morgan fingerprint density at radius 2 is 1.86 bits per heavy atom. The minimum Gasteiger partial charge on any atom is -0.387 e. The van der Waals surface area contributed by atoms with E-state index < -0.39 is 60.2 Å². The molecule has 0 aliphatic carbocycles. The SMILES string of the molecule is C=CCNc1nc2c(ncn2[C@@H]2O[C@H](COP(=O)(O)OP(=O)(O)OP(=O)(O)O)C(O)C2O)c(=O)[nH]1. The van der Waals surface area contributed by atoms with Gasteiger partial charge in [0.25, 0.3) is 5.56 Å². The number of nitrogens with one attached hydrogen (secondary N) is 2. The van der Waals surface area contributed by atoms with E-state index in [0.29, 0.717) is 0 Å². The Morgan fingerprint density at radius 1 is 1.17 bits per heavy atom. The van der Waals surface area contributed by atoms with E-state index >= 15 is 0 Å². The third-order valence-corrected chi connectivity index (χ3v) is 8.08. The molecule has 8 N–H and O–H groups in total. The fourth-order valence-corrected chi connectivity index (χ4v) is 5.96. The lowest BCUT2D eigenvalue weighted by Crippen LogP contribution is -2.33. The van der Waals surface area contributed by atoms with Crippen LogP contribution in [0.1, 0.15) is 6.23 Å². The Hall–Kier alpha value is -1.82. The minimum absolute atomic E-state index is 0.0430. The van der Waals surface area contributed by atoms with Crippen LogP contribution in [0.3, 0.4) is 0 Å². The summed E-state index contributed by atoms with van der Waals surface area (Å²) in [5.74, 6) is 0.0430. The van der Waals surface area contributed by atoms with Crippen LogP contribution in [0.25, 0.3) is 11.2 Å². The summed E-state index contributed by atoms with van der Waals surface area (Å²) in [6, 6.07) is 0. The number of aromatic amines is 1. The molecule has 1 fully saturated rings. The summed E-state index contributed by atoms with van der Waals surface area (Å²) >= 11 is 0. The zero-order valence-corrected chi connectivity index (χ0v) is 19.9. The van der Waals surface area contributed by atoms with E-state index in [0.717, 1.165) is 10.9 Å². The molecule has 0 amide bonds. The molecule has 1 saturated heterocycles. The monoisotopic (exact) mass is 563 g/mol. The van der Waals surface area contributed by atoms with Crippen LogP contribution in [0.5, 0.6) is 0 Å². The molecule has 0 bridgehead atoms. The molecular weight excluding hydrogens is 543 g/mol. The van der Waals surface area contributed by atoms with Crippen LogP contribution in [0.4, 0.5) is 5.95 Å². The normalized spacial score (nSPS) is 26.3. The number of hydrogen-bond acceptors (Lipinski definition) is 13. The fraction of sp³-hybridized carbons (Fsp3) is 0.462. The van der Waals surface area contributed by atoms with Gasteiger partial charge in [-0.05, 0) is 0 Å². The van der Waals surface area contributed by atoms with Crippen LogP contribution in [0.2, 0.25) is 0 Å². The van der Waals surface area contributed by atoms with Crippen molar-refractivity contribution in [1.29, 1.82) is 0 Å². The Labute approximate surface area is 194 Å². The van der Waals surface area contributed by atoms with E-state index in [2.05, 4.69) is 40.0 Å². The fourth-order valence-electron chi connectivity index (χ4n) is 2.93. The lowest BCUT2D eigenvalue weighted by Gasteiger charge is -2.19. The number of nitrogens with zero attached hydrogens (tertiary/aromatic N) is 3. The summed E-state index contributed by atoms with van der Waals surface area (Å²) in [7, 11) is -16.8. The van der Waals surface area contributed by atoms with Gasteiger partial charge in [0.15, 0.2) is 17.4 Å². The minimum atomic E-state index is -5.74. The Kier molecular flexibility index (Phi) is 8.15. The third kappa shape index (κ3) is 6.90. The van der Waals surface area contributed by atoms with Crippen LogP contribution in [0, 0.1) is 0 Å². The summed E-state index contributed by atoms with van der Waals surface area (Å²) in [6.07, 6.45) is -3.78. The molecule has 1 aliphatic rings. The molecule has 22 heteroatoms. The van der Waals surface area contributed by atoms with E-state index in [1.54, 1.807) is 0 Å². The average Bonchev–Trinajstić information content (AvgIpc) is 3.24. The first kappa shape index (κ1) is 27.8. The predicted octanol–water partition coefficient (Wildman–Crippen LogP) is -1.32. The van der Waals surface area contributed by atoms with Gasteiger partial charge in [0.05, 0.1) is 12.9 Å². The molecule has 4 unspecified atom stereocenters. The largest absolute Gasteiger partial charge is 0.490 e. The summed E-state index contributed by atoms with van der Waals surface area (Å²) in [6.45, 7) is 2.76. The van der Waals surface area contributed by atoms with Gasteiger partial charge in [-0.3, -0.25) is 18.9 Å². The van der Waals surface area contributed by atoms with Gasteiger partial charge in [-0.2, -0.15) is 13.6 Å². The van der Waals surface area contributed by atoms with Crippen molar-refractivity contribution in [1.82, 2.24) is 19.5 Å². The highest BCUT2D eigenvalue weighted by atomic mass is 31.3. The zero-order valence-electron chi connectivity index (χ0n) is 17.2. The summed E-state index contributed by atoms with van der Waals surface area (Å²) in [5.41, 5.74) is -0.807. The number of aliphatic hydroxyl groups is 2. The van der Waals surface area contributed by atoms with Crippen molar-refractivity contribution in [3.05, 3.63) is 29.3 Å². The number of rotatable bonds is 11. The molecule has 0 radical (unpaired) electrons. The third-order valence-electron chi connectivity index (χ3n) is 4.28. The molecule has 19 nitrogen and oxygen atoms in total. The van der Waals surface area contributed by atoms with Gasteiger partial charge >= 0.3 is 23.5 Å². The number of hydrogen-bond donors (Lipinski definition) is 8. The first-order valence-corrected chi connectivity index (χ1v) is 13.8. The van der Waals surface area contributed by atoms with E-state index in [1.165, 1.54) is 6.08 Å². The smallest absolute Gasteiger partial charge is 0.387 e. The first-order valence-electron chi connectivity index (χ1n) is 9.24. The van der Waals surface area contributed by atoms with Crippen molar-refractivity contribution in [2.45, 2.75) is 24.5 Å². The molecule has 3 rings (SSSR count). The molecule has 0 aromatic carbocycles. The molecule has 0 saturated carbocycles. The highest BCUT2D eigenvalue weighted by molar-refractivity contribution is 7.66. The van der Waals surface area contributed by atoms with E-state index in [9.17, 15) is 33.6 Å². The second-order valence-corrected chi connectivity index (χ2v) is 11.3. The van der Waals surface area contributed by atoms with Crippen LogP contribution in [-0.4, -0.2) is 80.8 Å². The van der Waals surface area contributed by atoms with Crippen molar-refractivity contribution >= 4 is 40.6 Å². The highest BCUT2D eigenvalue weighted by Gasteiger charge is 2.47. The predicted molar refractivity (Wildman–Crippen MR) is 113 cm³/mol. The molecule has 0 spiro atoms. The van der Waals surface area contributed by atoms with E-state index in [1.807, 2.05) is 0 Å². The average molecular weight is 563 g/mol. The van der Waals surface area contributed by atoms with Gasteiger partial charge in [-0.1, -0.05) is 6.08 Å². The van der Waals surface area contributed by atoms with Gasteiger partial charge in [-0.15, -0.1) is 6.58 Å². The topological polar surface area (TPSA) is 285 Å². The van der Waals surface area contributed by atoms with Gasteiger partial charge in [0.1, 0.15) is 18.3 Å². The second kappa shape index (κ2) is 10.3. The Bertz CT molecular complexity index is 1290. The highest BCUT2D eigenvalue weighted by Crippen LogP contribution is 2.66. The summed E-state index contributed by atoms with van der Waals surface area (Å²) < 4.78 is 52.1. The van der Waals surface area contributed by atoms with Gasteiger partial charge in [0.2, 0.25) is 5.95 Å². The summed E-state index contributed by atoms with van der Waals surface area (Å²) in [5, 5.41) is 23.4. The molecular formula is C13H20N5O14P3. The molecule has 35 heavy (non-hydrogen) atoms. The molecule has 2 aromatic heterocycles. The molecule has 2 aromatic rings. The quantitative estimate of drug-likeness (QED) is 0.116. The number of anilines is 1. The first-order chi connectivity index (χ1) is 16.1. The van der Waals surface area contributed by atoms with Crippen LogP contribution in [-0.2, 0) is 31.6 Å². The maximum absolute atomic E-state index is 12.2. The van der Waals surface area contributed by atoms with Crippen LogP contribution < -0.4 is 10.9 Å². The maximum atomic E-state index is 12.2. The Morgan fingerprint density at radius 3 is 2.49 bits per heavy atom. The number of aliphatic hydroxyl groups excluding tert-OH is 2. The van der Waals surface area contributed by atoms with Gasteiger partial charge in [-0.25, -0.2) is 18.7 Å². The van der Waals surface area contributed by atoms with Crippen LogP contribution in [0.15, 0.2) is 23.8 Å². The standard InChI is InChI=1S/C13H20N5O14P3/c1-2-3-14-13-16-10-7(11(21)17-13)15-5-18(10)12-9(20)8(19)6(30-12)4-29-34(25,26)32-35(27,28)31-33(22,23)24/h2,5-6,8-9,12,19-20H,1,3-4H2,(H,25,26)(H,27,28)(H2,22,23,24)(H2,14,16,17,21)/t6-,8?,9?,12-/m1/s1. The van der Waals surface area contributed by atoms with Gasteiger partial charge in [0, 0.05) is 6.54 Å². The van der Waals surface area contributed by atoms with E-state index in [4.69, 9.17) is 19.4 Å². The second-order valence-electron chi connectivity index (χ2n) is 6.84. The summed E-state index contributed by atoms with van der Waals surface area (Å²) in [4.78, 5) is 58.5. The molecule has 6 atom stereocenters. The van der Waals surface area contributed by atoms with Gasteiger partial charge < -0.3 is 39.8 Å². The lowest BCUT2D eigenvalue weighted by molar-refractivity contribution is -0.0503. The zero-order chi connectivity index (χ0) is 26.2.